The lowest BCUT2D eigenvalue weighted by molar-refractivity contribution is -0.123. The van der Waals surface area contributed by atoms with Crippen LogP contribution in [0, 0.1) is 0 Å². The molecule has 1 amide bonds. The number of aliphatic imine (C=N–C) groups is 1. The summed E-state index contributed by atoms with van der Waals surface area (Å²) in [5.74, 6) is 2.10. The summed E-state index contributed by atoms with van der Waals surface area (Å²) in [5, 5.41) is 6.48. The molecule has 32 heavy (non-hydrogen) atoms. The Kier molecular flexibility index (Phi) is 11.5. The van der Waals surface area contributed by atoms with E-state index in [2.05, 4.69) is 47.4 Å². The summed E-state index contributed by atoms with van der Waals surface area (Å²) in [4.78, 5) is 28.0. The Hall–Kier alpha value is -1.62. The van der Waals surface area contributed by atoms with Crippen molar-refractivity contribution in [1.82, 2.24) is 25.4 Å². The molecule has 2 N–H and O–H groups in total. The van der Waals surface area contributed by atoms with Crippen molar-refractivity contribution in [3.8, 4) is 0 Å². The number of anilines is 1. The Morgan fingerprint density at radius 1 is 1.09 bits per heavy atom. The zero-order valence-corrected chi connectivity index (χ0v) is 22.2. The Morgan fingerprint density at radius 2 is 1.78 bits per heavy atom. The molecule has 0 aliphatic carbocycles. The number of piperazine rings is 1. The summed E-state index contributed by atoms with van der Waals surface area (Å²) < 4.78 is 0. The second-order valence-electron chi connectivity index (χ2n) is 8.81. The molecule has 2 fully saturated rings. The molecule has 2 saturated heterocycles. The van der Waals surface area contributed by atoms with E-state index in [1.807, 2.05) is 27.1 Å². The van der Waals surface area contributed by atoms with Crippen LogP contribution in [0.5, 0.6) is 0 Å². The highest BCUT2D eigenvalue weighted by molar-refractivity contribution is 14.0. The van der Waals surface area contributed by atoms with Crippen LogP contribution in [0.4, 0.5) is 5.82 Å². The molecular formula is C23H40IN7O. The molecule has 8 nitrogen and oxygen atoms in total. The predicted octanol–water partition coefficient (Wildman–Crippen LogP) is 2.30. The van der Waals surface area contributed by atoms with Crippen molar-refractivity contribution in [2.24, 2.45) is 4.99 Å². The number of halogens is 1. The quantitative estimate of drug-likeness (QED) is 0.318. The molecule has 0 spiro atoms. The minimum absolute atomic E-state index is 0. The number of pyridine rings is 1. The van der Waals surface area contributed by atoms with Crippen LogP contribution in [-0.4, -0.2) is 85.6 Å². The molecule has 3 rings (SSSR count). The van der Waals surface area contributed by atoms with Gasteiger partial charge < -0.3 is 20.4 Å². The summed E-state index contributed by atoms with van der Waals surface area (Å²) in [5.41, 5.74) is 1.22. The highest BCUT2D eigenvalue weighted by atomic mass is 127. The topological polar surface area (TPSA) is 76.1 Å². The van der Waals surface area contributed by atoms with E-state index in [1.54, 1.807) is 0 Å². The van der Waals surface area contributed by atoms with Gasteiger partial charge in [0.1, 0.15) is 5.82 Å². The number of aromatic nitrogens is 1. The molecule has 3 heterocycles. The highest BCUT2D eigenvalue weighted by Crippen LogP contribution is 2.18. The SMILES string of the molecule is CN=C(NCc1ccnc(N2CCCCCC2)c1)N1CCN(CC(=O)NC(C)C)CC1.I. The van der Waals surface area contributed by atoms with Crippen LogP contribution in [0.1, 0.15) is 45.1 Å². The lowest BCUT2D eigenvalue weighted by Gasteiger charge is -2.36. The lowest BCUT2D eigenvalue weighted by atomic mass is 10.2. The van der Waals surface area contributed by atoms with E-state index in [-0.39, 0.29) is 35.9 Å². The summed E-state index contributed by atoms with van der Waals surface area (Å²) in [6.45, 7) is 10.8. The van der Waals surface area contributed by atoms with Gasteiger partial charge in [0.25, 0.3) is 0 Å². The molecule has 9 heteroatoms. The summed E-state index contributed by atoms with van der Waals surface area (Å²) in [6.07, 6.45) is 7.07. The fraction of sp³-hybridized carbons (Fsp3) is 0.696. The number of guanidine groups is 1. The number of amides is 1. The van der Waals surface area contributed by atoms with Gasteiger partial charge in [-0.3, -0.25) is 14.7 Å². The summed E-state index contributed by atoms with van der Waals surface area (Å²) in [6, 6.07) is 4.47. The highest BCUT2D eigenvalue weighted by Gasteiger charge is 2.21. The molecule has 0 unspecified atom stereocenters. The Balaban J connectivity index is 0.00000363. The van der Waals surface area contributed by atoms with E-state index in [4.69, 9.17) is 0 Å². The van der Waals surface area contributed by atoms with Gasteiger partial charge in [0.15, 0.2) is 5.96 Å². The van der Waals surface area contributed by atoms with Crippen LogP contribution in [0.25, 0.3) is 0 Å². The average Bonchev–Trinajstić information content (AvgIpc) is 3.04. The van der Waals surface area contributed by atoms with Gasteiger partial charge in [-0.15, -0.1) is 24.0 Å². The lowest BCUT2D eigenvalue weighted by Crippen LogP contribution is -2.54. The van der Waals surface area contributed by atoms with E-state index in [9.17, 15) is 4.79 Å². The molecule has 1 aromatic heterocycles. The second kappa shape index (κ2) is 13.8. The van der Waals surface area contributed by atoms with Gasteiger partial charge in [-0.05, 0) is 44.4 Å². The van der Waals surface area contributed by atoms with Crippen LogP contribution in [0.2, 0.25) is 0 Å². The standard InChI is InChI=1S/C23H39N7O.HI/c1-19(2)27-22(31)18-28-12-14-30(15-13-28)23(24-3)26-17-20-8-9-25-21(16-20)29-10-6-4-5-7-11-29;/h8-9,16,19H,4-7,10-15,17-18H2,1-3H3,(H,24,26)(H,27,31);1H. The van der Waals surface area contributed by atoms with Crippen molar-refractivity contribution in [2.45, 2.75) is 52.1 Å². The normalized spacial score (nSPS) is 18.2. The predicted molar refractivity (Wildman–Crippen MR) is 142 cm³/mol. The third kappa shape index (κ3) is 8.38. The largest absolute Gasteiger partial charge is 0.357 e. The van der Waals surface area contributed by atoms with Crippen molar-refractivity contribution in [2.75, 3.05) is 57.8 Å². The number of nitrogens with zero attached hydrogens (tertiary/aromatic N) is 5. The molecule has 0 aromatic carbocycles. The van der Waals surface area contributed by atoms with E-state index in [0.717, 1.165) is 57.6 Å². The molecular weight excluding hydrogens is 517 g/mol. The van der Waals surface area contributed by atoms with Crippen molar-refractivity contribution in [3.05, 3.63) is 23.9 Å². The van der Waals surface area contributed by atoms with Gasteiger partial charge in [0.05, 0.1) is 6.54 Å². The van der Waals surface area contributed by atoms with Crippen LogP contribution in [0.3, 0.4) is 0 Å². The zero-order valence-electron chi connectivity index (χ0n) is 19.8. The third-order valence-electron chi connectivity index (χ3n) is 5.89. The molecule has 0 atom stereocenters. The average molecular weight is 558 g/mol. The maximum Gasteiger partial charge on any atom is 0.234 e. The number of hydrogen-bond donors (Lipinski definition) is 2. The van der Waals surface area contributed by atoms with Crippen molar-refractivity contribution >= 4 is 41.7 Å². The Morgan fingerprint density at radius 3 is 2.41 bits per heavy atom. The van der Waals surface area contributed by atoms with Gasteiger partial charge in [0.2, 0.25) is 5.91 Å². The first-order chi connectivity index (χ1) is 15.0. The minimum atomic E-state index is 0. The number of hydrogen-bond acceptors (Lipinski definition) is 5. The molecule has 2 aliphatic rings. The first-order valence-electron chi connectivity index (χ1n) is 11.7. The molecule has 0 saturated carbocycles. The fourth-order valence-electron chi connectivity index (χ4n) is 4.25. The zero-order chi connectivity index (χ0) is 22.1. The van der Waals surface area contributed by atoms with Gasteiger partial charge in [0, 0.05) is 65.1 Å². The first kappa shape index (κ1) is 26.6. The monoisotopic (exact) mass is 557 g/mol. The van der Waals surface area contributed by atoms with Crippen LogP contribution >= 0.6 is 24.0 Å². The van der Waals surface area contributed by atoms with Gasteiger partial charge in [-0.2, -0.15) is 0 Å². The number of carbonyl (C=O) groups excluding carboxylic acids is 1. The van der Waals surface area contributed by atoms with Crippen molar-refractivity contribution in [1.29, 1.82) is 0 Å². The van der Waals surface area contributed by atoms with Crippen LogP contribution in [0.15, 0.2) is 23.3 Å². The number of carbonyl (C=O) groups is 1. The molecule has 180 valence electrons. The Bertz CT molecular complexity index is 727. The van der Waals surface area contributed by atoms with E-state index in [0.29, 0.717) is 6.54 Å². The van der Waals surface area contributed by atoms with Crippen LogP contribution in [-0.2, 0) is 11.3 Å². The number of rotatable bonds is 6. The number of nitrogens with one attached hydrogen (secondary N) is 2. The molecule has 2 aliphatic heterocycles. The Labute approximate surface area is 210 Å². The third-order valence-corrected chi connectivity index (χ3v) is 5.89. The maximum atomic E-state index is 12.0. The minimum Gasteiger partial charge on any atom is -0.357 e. The van der Waals surface area contributed by atoms with Crippen LogP contribution < -0.4 is 15.5 Å². The summed E-state index contributed by atoms with van der Waals surface area (Å²) in [7, 11) is 1.83. The van der Waals surface area contributed by atoms with Crippen molar-refractivity contribution < 1.29 is 4.79 Å². The fourth-order valence-corrected chi connectivity index (χ4v) is 4.25. The van der Waals surface area contributed by atoms with E-state index in [1.165, 1.54) is 31.2 Å². The first-order valence-corrected chi connectivity index (χ1v) is 11.7. The molecule has 0 bridgehead atoms. The van der Waals surface area contributed by atoms with Gasteiger partial charge in [-0.1, -0.05) is 12.8 Å². The smallest absolute Gasteiger partial charge is 0.234 e. The summed E-state index contributed by atoms with van der Waals surface area (Å²) >= 11 is 0. The van der Waals surface area contributed by atoms with Gasteiger partial charge >= 0.3 is 0 Å². The second-order valence-corrected chi connectivity index (χ2v) is 8.81. The maximum absolute atomic E-state index is 12.0. The molecule has 1 aromatic rings. The molecule has 0 radical (unpaired) electrons. The van der Waals surface area contributed by atoms with Crippen molar-refractivity contribution in [3.63, 3.8) is 0 Å². The van der Waals surface area contributed by atoms with E-state index < -0.39 is 0 Å². The van der Waals surface area contributed by atoms with E-state index >= 15 is 0 Å². The van der Waals surface area contributed by atoms with Gasteiger partial charge in [-0.25, -0.2) is 4.98 Å².